The minimum atomic E-state index is 0.220. The van der Waals surface area contributed by atoms with Crippen molar-refractivity contribution in [1.82, 2.24) is 15.1 Å². The molecule has 1 saturated heterocycles. The Labute approximate surface area is 145 Å². The SMILES string of the molecule is COc1ccc(-c2nnc(SCCC(=O)N3CCCCC3)o2)cc1. The van der Waals surface area contributed by atoms with Crippen LogP contribution < -0.4 is 4.74 Å². The topological polar surface area (TPSA) is 68.5 Å². The minimum Gasteiger partial charge on any atom is -0.497 e. The Bertz CT molecular complexity index is 666. The number of rotatable bonds is 6. The highest BCUT2D eigenvalue weighted by Crippen LogP contribution is 2.25. The van der Waals surface area contributed by atoms with Gasteiger partial charge in [-0.25, -0.2) is 0 Å². The van der Waals surface area contributed by atoms with E-state index in [4.69, 9.17) is 9.15 Å². The summed E-state index contributed by atoms with van der Waals surface area (Å²) < 4.78 is 10.8. The van der Waals surface area contributed by atoms with E-state index in [2.05, 4.69) is 10.2 Å². The third-order valence-electron chi connectivity index (χ3n) is 3.99. The van der Waals surface area contributed by atoms with Gasteiger partial charge in [-0.05, 0) is 43.5 Å². The number of carbonyl (C=O) groups is 1. The Morgan fingerprint density at radius 1 is 1.21 bits per heavy atom. The fourth-order valence-electron chi connectivity index (χ4n) is 2.65. The molecular formula is C17H21N3O3S. The highest BCUT2D eigenvalue weighted by atomic mass is 32.2. The zero-order valence-electron chi connectivity index (χ0n) is 13.7. The number of thioether (sulfide) groups is 1. The van der Waals surface area contributed by atoms with Crippen molar-refractivity contribution in [3.05, 3.63) is 24.3 Å². The lowest BCUT2D eigenvalue weighted by Crippen LogP contribution is -2.35. The van der Waals surface area contributed by atoms with Gasteiger partial charge in [-0.15, -0.1) is 10.2 Å². The van der Waals surface area contributed by atoms with Crippen molar-refractivity contribution in [3.8, 4) is 17.2 Å². The molecule has 0 atom stereocenters. The molecule has 1 amide bonds. The van der Waals surface area contributed by atoms with Gasteiger partial charge in [-0.3, -0.25) is 4.79 Å². The molecule has 3 rings (SSSR count). The lowest BCUT2D eigenvalue weighted by molar-refractivity contribution is -0.131. The molecule has 7 heteroatoms. The molecule has 1 aromatic carbocycles. The van der Waals surface area contributed by atoms with Gasteiger partial charge >= 0.3 is 0 Å². The molecule has 128 valence electrons. The molecular weight excluding hydrogens is 326 g/mol. The van der Waals surface area contributed by atoms with Crippen LogP contribution >= 0.6 is 11.8 Å². The molecule has 0 aliphatic carbocycles. The lowest BCUT2D eigenvalue weighted by atomic mass is 10.1. The number of amides is 1. The monoisotopic (exact) mass is 347 g/mol. The highest BCUT2D eigenvalue weighted by Gasteiger charge is 2.16. The standard InChI is InChI=1S/C17H21N3O3S/c1-22-14-7-5-13(6-8-14)16-18-19-17(23-16)24-12-9-15(21)20-10-3-2-4-11-20/h5-8H,2-4,9-12H2,1H3. The van der Waals surface area contributed by atoms with Crippen LogP contribution in [0.1, 0.15) is 25.7 Å². The Morgan fingerprint density at radius 2 is 1.96 bits per heavy atom. The summed E-state index contributed by atoms with van der Waals surface area (Å²) in [4.78, 5) is 14.1. The number of hydrogen-bond donors (Lipinski definition) is 0. The molecule has 2 heterocycles. The van der Waals surface area contributed by atoms with E-state index in [1.165, 1.54) is 18.2 Å². The Morgan fingerprint density at radius 3 is 2.67 bits per heavy atom. The first-order valence-electron chi connectivity index (χ1n) is 8.15. The number of likely N-dealkylation sites (tertiary alicyclic amines) is 1. The van der Waals surface area contributed by atoms with Crippen molar-refractivity contribution >= 4 is 17.7 Å². The predicted octanol–water partition coefficient (Wildman–Crippen LogP) is 3.24. The van der Waals surface area contributed by atoms with Crippen LogP contribution in [0.4, 0.5) is 0 Å². The maximum absolute atomic E-state index is 12.1. The number of aromatic nitrogens is 2. The molecule has 0 unspecified atom stereocenters. The van der Waals surface area contributed by atoms with Crippen molar-refractivity contribution in [1.29, 1.82) is 0 Å². The van der Waals surface area contributed by atoms with Crippen LogP contribution in [0.25, 0.3) is 11.5 Å². The van der Waals surface area contributed by atoms with Gasteiger partial charge in [-0.2, -0.15) is 0 Å². The number of piperidine rings is 1. The average molecular weight is 347 g/mol. The molecule has 1 aliphatic heterocycles. The Balaban J connectivity index is 1.49. The van der Waals surface area contributed by atoms with Crippen molar-refractivity contribution in [2.24, 2.45) is 0 Å². The number of ether oxygens (including phenoxy) is 1. The molecule has 1 fully saturated rings. The fraction of sp³-hybridized carbons (Fsp3) is 0.471. The second-order valence-electron chi connectivity index (χ2n) is 5.64. The normalized spacial score (nSPS) is 14.6. The molecule has 24 heavy (non-hydrogen) atoms. The molecule has 6 nitrogen and oxygen atoms in total. The van der Waals surface area contributed by atoms with Crippen LogP contribution in [0.15, 0.2) is 33.9 Å². The number of benzene rings is 1. The highest BCUT2D eigenvalue weighted by molar-refractivity contribution is 7.99. The van der Waals surface area contributed by atoms with Crippen molar-refractivity contribution in [2.75, 3.05) is 26.0 Å². The smallest absolute Gasteiger partial charge is 0.276 e. The van der Waals surface area contributed by atoms with E-state index < -0.39 is 0 Å². The van der Waals surface area contributed by atoms with Crippen LogP contribution in [0.5, 0.6) is 5.75 Å². The Hall–Kier alpha value is -2.02. The third kappa shape index (κ3) is 4.29. The van der Waals surface area contributed by atoms with Crippen LogP contribution in [-0.4, -0.2) is 47.0 Å². The maximum Gasteiger partial charge on any atom is 0.276 e. The van der Waals surface area contributed by atoms with Crippen LogP contribution in [0, 0.1) is 0 Å². The van der Waals surface area contributed by atoms with E-state index in [0.29, 0.717) is 23.3 Å². The largest absolute Gasteiger partial charge is 0.497 e. The summed E-state index contributed by atoms with van der Waals surface area (Å²) in [5, 5.41) is 8.58. The second-order valence-corrected chi connectivity index (χ2v) is 6.69. The van der Waals surface area contributed by atoms with Crippen LogP contribution in [0.2, 0.25) is 0 Å². The van der Waals surface area contributed by atoms with Gasteiger partial charge in [0.2, 0.25) is 11.8 Å². The van der Waals surface area contributed by atoms with E-state index >= 15 is 0 Å². The average Bonchev–Trinajstić information content (AvgIpc) is 3.11. The van der Waals surface area contributed by atoms with Crippen molar-refractivity contribution < 1.29 is 13.9 Å². The first-order valence-corrected chi connectivity index (χ1v) is 9.13. The lowest BCUT2D eigenvalue weighted by Gasteiger charge is -2.26. The number of carbonyl (C=O) groups excluding carboxylic acids is 1. The first kappa shape index (κ1) is 16.8. The number of hydrogen-bond acceptors (Lipinski definition) is 6. The van der Waals surface area contributed by atoms with E-state index in [9.17, 15) is 4.79 Å². The van der Waals surface area contributed by atoms with E-state index in [-0.39, 0.29) is 5.91 Å². The first-order chi connectivity index (χ1) is 11.8. The van der Waals surface area contributed by atoms with Gasteiger partial charge in [0.05, 0.1) is 7.11 Å². The van der Waals surface area contributed by atoms with Crippen LogP contribution in [-0.2, 0) is 4.79 Å². The molecule has 1 aromatic heterocycles. The van der Waals surface area contributed by atoms with E-state index in [1.54, 1.807) is 7.11 Å². The number of methoxy groups -OCH3 is 1. The van der Waals surface area contributed by atoms with Gasteiger partial charge in [0.1, 0.15) is 5.75 Å². The molecule has 2 aromatic rings. The molecule has 0 radical (unpaired) electrons. The number of nitrogens with zero attached hydrogens (tertiary/aromatic N) is 3. The fourth-order valence-corrected chi connectivity index (χ4v) is 3.33. The van der Waals surface area contributed by atoms with Gasteiger partial charge in [-0.1, -0.05) is 11.8 Å². The third-order valence-corrected chi connectivity index (χ3v) is 4.81. The van der Waals surface area contributed by atoms with Crippen LogP contribution in [0.3, 0.4) is 0 Å². The van der Waals surface area contributed by atoms with Gasteiger partial charge in [0.15, 0.2) is 0 Å². The summed E-state index contributed by atoms with van der Waals surface area (Å²) in [5.41, 5.74) is 0.847. The summed E-state index contributed by atoms with van der Waals surface area (Å²) in [6.45, 7) is 1.79. The summed E-state index contributed by atoms with van der Waals surface area (Å²) in [6.07, 6.45) is 3.97. The van der Waals surface area contributed by atoms with Gasteiger partial charge in [0.25, 0.3) is 5.22 Å². The van der Waals surface area contributed by atoms with Crippen molar-refractivity contribution in [2.45, 2.75) is 30.9 Å². The quantitative estimate of drug-likeness (QED) is 0.747. The van der Waals surface area contributed by atoms with E-state index in [0.717, 1.165) is 37.2 Å². The summed E-state index contributed by atoms with van der Waals surface area (Å²) in [7, 11) is 1.63. The summed E-state index contributed by atoms with van der Waals surface area (Å²) in [6, 6.07) is 7.45. The molecule has 0 spiro atoms. The van der Waals surface area contributed by atoms with E-state index in [1.807, 2.05) is 29.2 Å². The van der Waals surface area contributed by atoms with Gasteiger partial charge < -0.3 is 14.1 Å². The minimum absolute atomic E-state index is 0.220. The molecule has 0 N–H and O–H groups in total. The summed E-state index contributed by atoms with van der Waals surface area (Å²) >= 11 is 1.42. The molecule has 0 bridgehead atoms. The Kier molecular flexibility index (Phi) is 5.74. The van der Waals surface area contributed by atoms with Crippen molar-refractivity contribution in [3.63, 3.8) is 0 Å². The zero-order valence-corrected chi connectivity index (χ0v) is 14.6. The molecule has 1 aliphatic rings. The maximum atomic E-state index is 12.1. The predicted molar refractivity (Wildman–Crippen MR) is 92.1 cm³/mol. The summed E-state index contributed by atoms with van der Waals surface area (Å²) in [5.74, 6) is 2.13. The van der Waals surface area contributed by atoms with Gasteiger partial charge in [0, 0.05) is 30.8 Å². The molecule has 0 saturated carbocycles. The second kappa shape index (κ2) is 8.19. The zero-order chi connectivity index (χ0) is 16.8.